The lowest BCUT2D eigenvalue weighted by molar-refractivity contribution is 0.0709. The van der Waals surface area contributed by atoms with Crippen molar-refractivity contribution in [3.05, 3.63) is 52.4 Å². The second kappa shape index (κ2) is 5.48. The molecule has 0 saturated carbocycles. The van der Waals surface area contributed by atoms with Gasteiger partial charge in [0.2, 0.25) is 0 Å². The van der Waals surface area contributed by atoms with Crippen molar-refractivity contribution in [1.82, 2.24) is 4.90 Å². The number of carbonyl (C=O) groups excluding carboxylic acids is 1. The molecule has 19 heavy (non-hydrogen) atoms. The van der Waals surface area contributed by atoms with Crippen molar-refractivity contribution in [1.29, 1.82) is 0 Å². The van der Waals surface area contributed by atoms with E-state index < -0.39 is 0 Å². The van der Waals surface area contributed by atoms with E-state index in [1.807, 2.05) is 31.2 Å². The van der Waals surface area contributed by atoms with Crippen LogP contribution in [0, 0.1) is 0 Å². The van der Waals surface area contributed by atoms with Crippen LogP contribution in [0.25, 0.3) is 0 Å². The molecule has 0 aliphatic carbocycles. The largest absolute Gasteiger partial charge is 0.444 e. The standard InChI is InChI=1S/C14H15BrN2O2/c1-9(10-4-3-5-11(16)8-10)17(2)14(18)12-6-7-13(15)19-12/h3-9H,16H2,1-2H3. The Morgan fingerprint density at radius 2 is 2.11 bits per heavy atom. The zero-order valence-electron chi connectivity index (χ0n) is 10.8. The third-order valence-electron chi connectivity index (χ3n) is 3.08. The molecule has 1 atom stereocenters. The first kappa shape index (κ1) is 13.7. The molecule has 1 unspecified atom stereocenters. The quantitative estimate of drug-likeness (QED) is 0.880. The number of anilines is 1. The van der Waals surface area contributed by atoms with Gasteiger partial charge in [0.15, 0.2) is 10.4 Å². The summed E-state index contributed by atoms with van der Waals surface area (Å²) in [6.45, 7) is 1.95. The van der Waals surface area contributed by atoms with Gasteiger partial charge in [0.1, 0.15) is 0 Å². The molecule has 0 bridgehead atoms. The summed E-state index contributed by atoms with van der Waals surface area (Å²) < 4.78 is 5.82. The SMILES string of the molecule is CC(c1cccc(N)c1)N(C)C(=O)c1ccc(Br)o1. The molecule has 2 rings (SSSR count). The van der Waals surface area contributed by atoms with Crippen molar-refractivity contribution < 1.29 is 9.21 Å². The van der Waals surface area contributed by atoms with Gasteiger partial charge in [0, 0.05) is 12.7 Å². The first-order chi connectivity index (χ1) is 8.99. The first-order valence-electron chi connectivity index (χ1n) is 5.87. The van der Waals surface area contributed by atoms with Crippen molar-refractivity contribution in [2.45, 2.75) is 13.0 Å². The number of nitrogens with two attached hydrogens (primary N) is 1. The summed E-state index contributed by atoms with van der Waals surface area (Å²) in [6.07, 6.45) is 0. The minimum atomic E-state index is -0.166. The van der Waals surface area contributed by atoms with Gasteiger partial charge in [0.05, 0.1) is 6.04 Å². The van der Waals surface area contributed by atoms with Crippen molar-refractivity contribution in [2.75, 3.05) is 12.8 Å². The Kier molecular flexibility index (Phi) is 3.95. The number of amides is 1. The smallest absolute Gasteiger partial charge is 0.289 e. The van der Waals surface area contributed by atoms with E-state index in [1.165, 1.54) is 0 Å². The Balaban J connectivity index is 2.19. The topological polar surface area (TPSA) is 59.5 Å². The van der Waals surface area contributed by atoms with E-state index in [1.54, 1.807) is 24.1 Å². The van der Waals surface area contributed by atoms with Crippen LogP contribution >= 0.6 is 15.9 Å². The minimum absolute atomic E-state index is 0.0834. The maximum Gasteiger partial charge on any atom is 0.289 e. The molecule has 0 spiro atoms. The van der Waals surface area contributed by atoms with Crippen LogP contribution in [0.3, 0.4) is 0 Å². The molecule has 1 heterocycles. The highest BCUT2D eigenvalue weighted by Gasteiger charge is 2.21. The van der Waals surface area contributed by atoms with Gasteiger partial charge in [-0.2, -0.15) is 0 Å². The van der Waals surface area contributed by atoms with Gasteiger partial charge in [-0.1, -0.05) is 12.1 Å². The molecule has 2 aromatic rings. The summed E-state index contributed by atoms with van der Waals surface area (Å²) in [7, 11) is 1.74. The highest BCUT2D eigenvalue weighted by atomic mass is 79.9. The molecular weight excluding hydrogens is 308 g/mol. The van der Waals surface area contributed by atoms with E-state index in [-0.39, 0.29) is 11.9 Å². The molecular formula is C14H15BrN2O2. The summed E-state index contributed by atoms with van der Waals surface area (Å²) >= 11 is 3.19. The van der Waals surface area contributed by atoms with E-state index >= 15 is 0 Å². The second-order valence-electron chi connectivity index (χ2n) is 4.37. The Bertz CT molecular complexity index is 595. The lowest BCUT2D eigenvalue weighted by atomic mass is 10.1. The van der Waals surface area contributed by atoms with E-state index in [0.29, 0.717) is 16.1 Å². The number of benzene rings is 1. The molecule has 0 radical (unpaired) electrons. The van der Waals surface area contributed by atoms with Gasteiger partial charge in [-0.15, -0.1) is 0 Å². The first-order valence-corrected chi connectivity index (χ1v) is 6.66. The zero-order chi connectivity index (χ0) is 14.0. The van der Waals surface area contributed by atoms with Crippen molar-refractivity contribution in [2.24, 2.45) is 0 Å². The van der Waals surface area contributed by atoms with E-state index in [0.717, 1.165) is 5.56 Å². The maximum atomic E-state index is 12.2. The zero-order valence-corrected chi connectivity index (χ0v) is 12.3. The summed E-state index contributed by atoms with van der Waals surface area (Å²) in [5.74, 6) is 0.144. The number of nitrogens with zero attached hydrogens (tertiary/aromatic N) is 1. The van der Waals surface area contributed by atoms with E-state index in [2.05, 4.69) is 15.9 Å². The summed E-state index contributed by atoms with van der Waals surface area (Å²) in [5, 5.41) is 0. The number of hydrogen-bond acceptors (Lipinski definition) is 3. The van der Waals surface area contributed by atoms with Crippen LogP contribution < -0.4 is 5.73 Å². The molecule has 0 aliphatic heterocycles. The Morgan fingerprint density at radius 3 is 2.68 bits per heavy atom. The highest BCUT2D eigenvalue weighted by molar-refractivity contribution is 9.10. The molecule has 0 saturated heterocycles. The number of hydrogen-bond donors (Lipinski definition) is 1. The van der Waals surface area contributed by atoms with Crippen LogP contribution in [0.1, 0.15) is 29.1 Å². The summed E-state index contributed by atoms with van der Waals surface area (Å²) in [4.78, 5) is 13.9. The number of halogens is 1. The normalized spacial score (nSPS) is 12.2. The van der Waals surface area contributed by atoms with Gasteiger partial charge >= 0.3 is 0 Å². The van der Waals surface area contributed by atoms with E-state index in [4.69, 9.17) is 10.2 Å². The Morgan fingerprint density at radius 1 is 1.37 bits per heavy atom. The third-order valence-corrected chi connectivity index (χ3v) is 3.50. The molecule has 100 valence electrons. The molecule has 2 N–H and O–H groups in total. The van der Waals surface area contributed by atoms with E-state index in [9.17, 15) is 4.79 Å². The monoisotopic (exact) mass is 322 g/mol. The van der Waals surface area contributed by atoms with Crippen LogP contribution in [-0.2, 0) is 0 Å². The number of furan rings is 1. The minimum Gasteiger partial charge on any atom is -0.444 e. The van der Waals surface area contributed by atoms with Crippen molar-refractivity contribution in [3.63, 3.8) is 0 Å². The predicted octanol–water partition coefficient (Wildman–Crippen LogP) is 3.46. The third kappa shape index (κ3) is 2.98. The van der Waals surface area contributed by atoms with Crippen LogP contribution in [0.2, 0.25) is 0 Å². The fraction of sp³-hybridized carbons (Fsp3) is 0.214. The van der Waals surface area contributed by atoms with Gasteiger partial charge in [-0.3, -0.25) is 4.79 Å². The maximum absolute atomic E-state index is 12.2. The molecule has 5 heteroatoms. The lowest BCUT2D eigenvalue weighted by Crippen LogP contribution is -2.29. The Labute approximate surface area is 120 Å². The average Bonchev–Trinajstić information content (AvgIpc) is 2.83. The molecule has 4 nitrogen and oxygen atoms in total. The summed E-state index contributed by atoms with van der Waals surface area (Å²) in [6, 6.07) is 10.8. The highest BCUT2D eigenvalue weighted by Crippen LogP contribution is 2.23. The van der Waals surface area contributed by atoms with Gasteiger partial charge in [0.25, 0.3) is 5.91 Å². The molecule has 1 aromatic carbocycles. The molecule has 0 fully saturated rings. The predicted molar refractivity (Wildman–Crippen MR) is 77.8 cm³/mol. The van der Waals surface area contributed by atoms with Crippen molar-refractivity contribution >= 4 is 27.5 Å². The fourth-order valence-corrected chi connectivity index (χ4v) is 2.13. The molecule has 1 amide bonds. The van der Waals surface area contributed by atoms with Crippen LogP contribution in [0.15, 0.2) is 45.5 Å². The van der Waals surface area contributed by atoms with Gasteiger partial charge in [-0.05, 0) is 52.7 Å². The summed E-state index contributed by atoms with van der Waals surface area (Å²) in [5.41, 5.74) is 7.43. The van der Waals surface area contributed by atoms with Crippen molar-refractivity contribution in [3.8, 4) is 0 Å². The van der Waals surface area contributed by atoms with Crippen LogP contribution in [0.5, 0.6) is 0 Å². The fourth-order valence-electron chi connectivity index (χ4n) is 1.82. The van der Waals surface area contributed by atoms with Crippen LogP contribution in [0.4, 0.5) is 5.69 Å². The van der Waals surface area contributed by atoms with Crippen LogP contribution in [-0.4, -0.2) is 17.9 Å². The number of nitrogen functional groups attached to an aromatic ring is 1. The lowest BCUT2D eigenvalue weighted by Gasteiger charge is -2.24. The number of carbonyl (C=O) groups is 1. The molecule has 0 aliphatic rings. The second-order valence-corrected chi connectivity index (χ2v) is 5.15. The van der Waals surface area contributed by atoms with Gasteiger partial charge < -0.3 is 15.1 Å². The molecule has 1 aromatic heterocycles. The average molecular weight is 323 g/mol. The Hall–Kier alpha value is -1.75. The number of rotatable bonds is 3. The van der Waals surface area contributed by atoms with Gasteiger partial charge in [-0.25, -0.2) is 0 Å².